The number of halogens is 3. The van der Waals surface area contributed by atoms with E-state index in [0.29, 0.717) is 11.1 Å². The number of hydrogen-bond acceptors (Lipinski definition) is 4. The Morgan fingerprint density at radius 3 is 2.36 bits per heavy atom. The Hall–Kier alpha value is -3.71. The SMILES string of the molecule is COc1c(Cl)cc(C)cc1/C(O)=C1\C(=O)C(=O)N(c2ccc(F)c(F)c2)C1c1ccccc1. The van der Waals surface area contributed by atoms with Gasteiger partial charge in [0.25, 0.3) is 11.7 Å². The molecule has 8 heteroatoms. The normalized spacial score (nSPS) is 17.5. The average molecular weight is 470 g/mol. The second-order valence-corrected chi connectivity index (χ2v) is 7.91. The van der Waals surface area contributed by atoms with Crippen molar-refractivity contribution in [1.82, 2.24) is 0 Å². The molecule has 0 spiro atoms. The standard InChI is InChI=1S/C25H18ClF2NO4/c1-13-10-16(24(33-2)17(26)11-13)22(30)20-21(14-6-4-3-5-7-14)29(25(32)23(20)31)15-8-9-18(27)19(28)12-15/h3-12,21,30H,1-2H3/b22-20+. The summed E-state index contributed by atoms with van der Waals surface area (Å²) in [5.41, 5.74) is 1.05. The van der Waals surface area contributed by atoms with Gasteiger partial charge in [-0.05, 0) is 42.3 Å². The molecule has 1 fully saturated rings. The molecule has 4 rings (SSSR count). The minimum absolute atomic E-state index is 0.0295. The molecule has 0 saturated carbocycles. The number of aliphatic hydroxyl groups is 1. The van der Waals surface area contributed by atoms with Crippen LogP contribution in [0.1, 0.15) is 22.7 Å². The fourth-order valence-corrected chi connectivity index (χ4v) is 4.29. The van der Waals surface area contributed by atoms with E-state index in [-0.39, 0.29) is 27.6 Å². The molecule has 1 aliphatic rings. The van der Waals surface area contributed by atoms with Gasteiger partial charge in [-0.1, -0.05) is 41.9 Å². The highest BCUT2D eigenvalue weighted by Crippen LogP contribution is 2.44. The Labute approximate surface area is 193 Å². The first-order chi connectivity index (χ1) is 15.7. The first-order valence-electron chi connectivity index (χ1n) is 9.90. The number of anilines is 1. The predicted molar refractivity (Wildman–Crippen MR) is 120 cm³/mol. The quantitative estimate of drug-likeness (QED) is 0.308. The fraction of sp³-hybridized carbons (Fsp3) is 0.120. The second-order valence-electron chi connectivity index (χ2n) is 7.51. The molecule has 3 aromatic rings. The lowest BCUT2D eigenvalue weighted by Crippen LogP contribution is -2.29. The van der Waals surface area contributed by atoms with Crippen LogP contribution >= 0.6 is 11.6 Å². The highest BCUT2D eigenvalue weighted by atomic mass is 35.5. The van der Waals surface area contributed by atoms with E-state index in [9.17, 15) is 23.5 Å². The highest BCUT2D eigenvalue weighted by molar-refractivity contribution is 6.51. The van der Waals surface area contributed by atoms with E-state index in [0.717, 1.165) is 17.0 Å². The number of Topliss-reactive ketones (excluding diaryl/α,β-unsaturated/α-hetero) is 1. The number of rotatable bonds is 4. The first kappa shape index (κ1) is 22.5. The summed E-state index contributed by atoms with van der Waals surface area (Å²) in [4.78, 5) is 27.3. The van der Waals surface area contributed by atoms with Gasteiger partial charge in [-0.2, -0.15) is 0 Å². The van der Waals surface area contributed by atoms with Gasteiger partial charge in [0, 0.05) is 11.8 Å². The fourth-order valence-electron chi connectivity index (χ4n) is 3.94. The van der Waals surface area contributed by atoms with Crippen molar-refractivity contribution in [1.29, 1.82) is 0 Å². The topological polar surface area (TPSA) is 66.8 Å². The monoisotopic (exact) mass is 469 g/mol. The minimum Gasteiger partial charge on any atom is -0.507 e. The van der Waals surface area contributed by atoms with E-state index < -0.39 is 35.1 Å². The zero-order valence-corrected chi connectivity index (χ0v) is 18.4. The summed E-state index contributed by atoms with van der Waals surface area (Å²) in [6, 6.07) is 13.5. The molecule has 0 radical (unpaired) electrons. The number of aliphatic hydroxyl groups excluding tert-OH is 1. The molecule has 1 heterocycles. The molecule has 168 valence electrons. The summed E-state index contributed by atoms with van der Waals surface area (Å²) in [5.74, 6) is -4.60. The van der Waals surface area contributed by atoms with Crippen LogP contribution in [-0.4, -0.2) is 23.9 Å². The van der Waals surface area contributed by atoms with Crippen molar-refractivity contribution in [2.24, 2.45) is 0 Å². The van der Waals surface area contributed by atoms with Crippen molar-refractivity contribution < 1.29 is 28.2 Å². The number of ether oxygens (including phenoxy) is 1. The van der Waals surface area contributed by atoms with Crippen LogP contribution in [-0.2, 0) is 9.59 Å². The number of methoxy groups -OCH3 is 1. The van der Waals surface area contributed by atoms with Crippen LogP contribution in [0.5, 0.6) is 5.75 Å². The molecule has 5 nitrogen and oxygen atoms in total. The second kappa shape index (κ2) is 8.67. The maximum Gasteiger partial charge on any atom is 0.300 e. The Morgan fingerprint density at radius 1 is 1.03 bits per heavy atom. The minimum atomic E-state index is -1.17. The van der Waals surface area contributed by atoms with Crippen LogP contribution in [0.4, 0.5) is 14.5 Å². The van der Waals surface area contributed by atoms with Crippen LogP contribution in [0.2, 0.25) is 5.02 Å². The van der Waals surface area contributed by atoms with Crippen molar-refractivity contribution in [3.63, 3.8) is 0 Å². The summed E-state index contributed by atoms with van der Waals surface area (Å²) in [6.45, 7) is 1.75. The van der Waals surface area contributed by atoms with Gasteiger partial charge in [-0.3, -0.25) is 14.5 Å². The van der Waals surface area contributed by atoms with Crippen LogP contribution in [0.15, 0.2) is 66.2 Å². The molecule has 0 aliphatic carbocycles. The highest BCUT2D eigenvalue weighted by Gasteiger charge is 2.47. The zero-order valence-electron chi connectivity index (χ0n) is 17.6. The van der Waals surface area contributed by atoms with E-state index in [1.54, 1.807) is 49.4 Å². The Morgan fingerprint density at radius 2 is 1.73 bits per heavy atom. The van der Waals surface area contributed by atoms with Crippen molar-refractivity contribution >= 4 is 34.7 Å². The molecule has 1 saturated heterocycles. The summed E-state index contributed by atoms with van der Waals surface area (Å²) in [6.07, 6.45) is 0. The van der Waals surface area contributed by atoms with E-state index in [4.69, 9.17) is 16.3 Å². The van der Waals surface area contributed by atoms with Gasteiger partial charge >= 0.3 is 0 Å². The van der Waals surface area contributed by atoms with Crippen LogP contribution < -0.4 is 9.64 Å². The molecule has 0 aromatic heterocycles. The summed E-state index contributed by atoms with van der Waals surface area (Å²) in [5, 5.41) is 11.5. The molecule has 1 atom stereocenters. The lowest BCUT2D eigenvalue weighted by atomic mass is 9.94. The third-order valence-corrected chi connectivity index (χ3v) is 5.67. The molecule has 1 unspecified atom stereocenters. The summed E-state index contributed by atoms with van der Waals surface area (Å²) >= 11 is 6.26. The number of hydrogen-bond donors (Lipinski definition) is 1. The lowest BCUT2D eigenvalue weighted by molar-refractivity contribution is -0.132. The maximum absolute atomic E-state index is 14.0. The smallest absolute Gasteiger partial charge is 0.300 e. The van der Waals surface area contributed by atoms with Crippen LogP contribution in [0, 0.1) is 18.6 Å². The van der Waals surface area contributed by atoms with Crippen LogP contribution in [0.3, 0.4) is 0 Å². The number of nitrogens with zero attached hydrogens (tertiary/aromatic N) is 1. The Balaban J connectivity index is 2.00. The van der Waals surface area contributed by atoms with Gasteiger partial charge in [0.15, 0.2) is 11.6 Å². The van der Waals surface area contributed by atoms with Crippen molar-refractivity contribution in [2.45, 2.75) is 13.0 Å². The maximum atomic E-state index is 14.0. The number of aryl methyl sites for hydroxylation is 1. The Bertz CT molecular complexity index is 1310. The first-order valence-corrected chi connectivity index (χ1v) is 10.3. The zero-order chi connectivity index (χ0) is 23.9. The van der Waals surface area contributed by atoms with Crippen molar-refractivity contribution in [3.8, 4) is 5.75 Å². The van der Waals surface area contributed by atoms with Gasteiger partial charge in [-0.15, -0.1) is 0 Å². The van der Waals surface area contributed by atoms with E-state index >= 15 is 0 Å². The lowest BCUT2D eigenvalue weighted by Gasteiger charge is -2.25. The number of carbonyl (C=O) groups excluding carboxylic acids is 2. The average Bonchev–Trinajstić information content (AvgIpc) is 3.06. The third-order valence-electron chi connectivity index (χ3n) is 5.39. The van der Waals surface area contributed by atoms with Gasteiger partial charge in [0.05, 0.1) is 29.3 Å². The molecule has 3 aromatic carbocycles. The molecular weight excluding hydrogens is 452 g/mol. The summed E-state index contributed by atoms with van der Waals surface area (Å²) in [7, 11) is 1.36. The van der Waals surface area contributed by atoms with Gasteiger partial charge < -0.3 is 9.84 Å². The molecule has 33 heavy (non-hydrogen) atoms. The van der Waals surface area contributed by atoms with Gasteiger partial charge in [0.1, 0.15) is 11.5 Å². The van der Waals surface area contributed by atoms with Crippen molar-refractivity contribution in [3.05, 3.63) is 99.6 Å². The number of carbonyl (C=O) groups is 2. The largest absolute Gasteiger partial charge is 0.507 e. The molecule has 1 N–H and O–H groups in total. The predicted octanol–water partition coefficient (Wildman–Crippen LogP) is 5.56. The van der Waals surface area contributed by atoms with Gasteiger partial charge in [0.2, 0.25) is 0 Å². The van der Waals surface area contributed by atoms with E-state index in [2.05, 4.69) is 0 Å². The number of ketones is 1. The molecule has 0 bridgehead atoms. The Kier molecular flexibility index (Phi) is 5.91. The molecule has 1 aliphatic heterocycles. The molecule has 1 amide bonds. The van der Waals surface area contributed by atoms with Crippen molar-refractivity contribution in [2.75, 3.05) is 12.0 Å². The number of benzene rings is 3. The summed E-state index contributed by atoms with van der Waals surface area (Å²) < 4.78 is 32.9. The van der Waals surface area contributed by atoms with Crippen LogP contribution in [0.25, 0.3) is 5.76 Å². The van der Waals surface area contributed by atoms with Gasteiger partial charge in [-0.25, -0.2) is 8.78 Å². The number of amides is 1. The van der Waals surface area contributed by atoms with E-state index in [1.165, 1.54) is 13.2 Å². The molecular formula is C25H18ClF2NO4. The van der Waals surface area contributed by atoms with E-state index in [1.807, 2.05) is 0 Å². The third kappa shape index (κ3) is 3.85.